The molecule has 0 spiro atoms. The van der Waals surface area contributed by atoms with Crippen LogP contribution in [0.15, 0.2) is 6.20 Å². The summed E-state index contributed by atoms with van der Waals surface area (Å²) in [7, 11) is 0. The third-order valence-corrected chi connectivity index (χ3v) is 3.50. The zero-order chi connectivity index (χ0) is 10.7. The predicted octanol–water partition coefficient (Wildman–Crippen LogP) is -0.0282. The lowest BCUT2D eigenvalue weighted by Gasteiger charge is -2.26. The number of aromatic nitrogens is 1. The normalized spacial score (nSPS) is 19.2. The minimum atomic E-state index is -0.586. The van der Waals surface area contributed by atoms with Gasteiger partial charge in [-0.15, -0.1) is 0 Å². The summed E-state index contributed by atoms with van der Waals surface area (Å²) in [5.74, 6) is 0. The molecule has 0 radical (unpaired) electrons. The van der Waals surface area contributed by atoms with Crippen molar-refractivity contribution >= 4 is 16.5 Å². The Morgan fingerprint density at radius 1 is 1.60 bits per heavy atom. The van der Waals surface area contributed by atoms with Crippen molar-refractivity contribution < 1.29 is 9.84 Å². The molecule has 0 amide bonds. The molecule has 84 valence electrons. The summed E-state index contributed by atoms with van der Waals surface area (Å²) in [6, 6.07) is 0. The first kappa shape index (κ1) is 10.8. The first-order valence-electron chi connectivity index (χ1n) is 4.98. The number of morpholine rings is 1. The Balaban J connectivity index is 2.05. The van der Waals surface area contributed by atoms with Gasteiger partial charge in [0, 0.05) is 25.8 Å². The molecule has 1 fully saturated rings. The smallest absolute Gasteiger partial charge is 0.185 e. The zero-order valence-electron chi connectivity index (χ0n) is 8.43. The molecule has 1 atom stereocenters. The molecular weight excluding hydrogens is 214 g/mol. The SMILES string of the molecule is NCC(O)c1cnc(N2CCOCC2)s1. The minimum Gasteiger partial charge on any atom is -0.386 e. The summed E-state index contributed by atoms with van der Waals surface area (Å²) in [6.07, 6.45) is 1.12. The van der Waals surface area contributed by atoms with E-state index in [-0.39, 0.29) is 6.54 Å². The van der Waals surface area contributed by atoms with Crippen molar-refractivity contribution in [2.75, 3.05) is 37.7 Å². The molecule has 2 rings (SSSR count). The molecule has 2 heterocycles. The largest absolute Gasteiger partial charge is 0.386 e. The van der Waals surface area contributed by atoms with Crippen LogP contribution in [-0.2, 0) is 4.74 Å². The van der Waals surface area contributed by atoms with E-state index in [0.29, 0.717) is 0 Å². The predicted molar refractivity (Wildman–Crippen MR) is 59.2 cm³/mol. The molecule has 1 unspecified atom stereocenters. The average molecular weight is 229 g/mol. The summed E-state index contributed by atoms with van der Waals surface area (Å²) in [5.41, 5.74) is 5.39. The number of ether oxygens (including phenoxy) is 1. The lowest BCUT2D eigenvalue weighted by atomic mass is 10.3. The molecule has 0 aliphatic carbocycles. The van der Waals surface area contributed by atoms with E-state index in [1.807, 2.05) is 0 Å². The summed E-state index contributed by atoms with van der Waals surface area (Å²) < 4.78 is 5.26. The lowest BCUT2D eigenvalue weighted by Crippen LogP contribution is -2.36. The van der Waals surface area contributed by atoms with Crippen LogP contribution in [0, 0.1) is 0 Å². The maximum absolute atomic E-state index is 9.54. The maximum Gasteiger partial charge on any atom is 0.185 e. The van der Waals surface area contributed by atoms with E-state index in [1.54, 1.807) is 6.20 Å². The molecule has 1 aromatic rings. The molecule has 3 N–H and O–H groups in total. The number of aliphatic hydroxyl groups is 1. The highest BCUT2D eigenvalue weighted by Gasteiger charge is 2.16. The van der Waals surface area contributed by atoms with E-state index in [9.17, 15) is 5.11 Å². The molecule has 5 nitrogen and oxygen atoms in total. The highest BCUT2D eigenvalue weighted by atomic mass is 32.1. The Morgan fingerprint density at radius 3 is 3.00 bits per heavy atom. The van der Waals surface area contributed by atoms with Gasteiger partial charge >= 0.3 is 0 Å². The summed E-state index contributed by atoms with van der Waals surface area (Å²) in [5, 5.41) is 10.5. The van der Waals surface area contributed by atoms with Crippen LogP contribution < -0.4 is 10.6 Å². The molecule has 1 saturated heterocycles. The van der Waals surface area contributed by atoms with E-state index in [0.717, 1.165) is 36.3 Å². The number of aliphatic hydroxyl groups excluding tert-OH is 1. The van der Waals surface area contributed by atoms with Crippen LogP contribution in [0.1, 0.15) is 11.0 Å². The molecule has 1 aromatic heterocycles. The maximum atomic E-state index is 9.54. The first-order chi connectivity index (χ1) is 7.31. The fraction of sp³-hybridized carbons (Fsp3) is 0.667. The number of hydrogen-bond donors (Lipinski definition) is 2. The van der Waals surface area contributed by atoms with E-state index in [2.05, 4.69) is 9.88 Å². The van der Waals surface area contributed by atoms with Gasteiger partial charge < -0.3 is 20.5 Å². The summed E-state index contributed by atoms with van der Waals surface area (Å²) in [4.78, 5) is 7.28. The minimum absolute atomic E-state index is 0.241. The highest BCUT2D eigenvalue weighted by Crippen LogP contribution is 2.27. The number of nitrogens with two attached hydrogens (primary N) is 1. The second-order valence-electron chi connectivity index (χ2n) is 3.40. The molecule has 0 saturated carbocycles. The van der Waals surface area contributed by atoms with E-state index in [4.69, 9.17) is 10.5 Å². The number of hydrogen-bond acceptors (Lipinski definition) is 6. The zero-order valence-corrected chi connectivity index (χ0v) is 9.24. The topological polar surface area (TPSA) is 71.6 Å². The van der Waals surface area contributed by atoms with Crippen LogP contribution in [0.3, 0.4) is 0 Å². The number of anilines is 1. The first-order valence-corrected chi connectivity index (χ1v) is 5.79. The van der Waals surface area contributed by atoms with Gasteiger partial charge in [-0.3, -0.25) is 0 Å². The van der Waals surface area contributed by atoms with Crippen LogP contribution >= 0.6 is 11.3 Å². The molecular formula is C9H15N3O2S. The summed E-state index contributed by atoms with van der Waals surface area (Å²) >= 11 is 1.50. The van der Waals surface area contributed by atoms with Crippen LogP contribution in [0.25, 0.3) is 0 Å². The molecule has 15 heavy (non-hydrogen) atoms. The van der Waals surface area contributed by atoms with Crippen molar-refractivity contribution in [3.05, 3.63) is 11.1 Å². The van der Waals surface area contributed by atoms with Crippen LogP contribution in [-0.4, -0.2) is 42.9 Å². The Morgan fingerprint density at radius 2 is 2.33 bits per heavy atom. The van der Waals surface area contributed by atoms with Gasteiger partial charge in [-0.05, 0) is 0 Å². The van der Waals surface area contributed by atoms with Crippen molar-refractivity contribution in [3.8, 4) is 0 Å². The third-order valence-electron chi connectivity index (χ3n) is 2.34. The van der Waals surface area contributed by atoms with Crippen molar-refractivity contribution in [2.24, 2.45) is 5.73 Å². The number of thiazole rings is 1. The molecule has 1 aliphatic heterocycles. The van der Waals surface area contributed by atoms with Gasteiger partial charge in [-0.25, -0.2) is 4.98 Å². The van der Waals surface area contributed by atoms with Crippen LogP contribution in [0.4, 0.5) is 5.13 Å². The van der Waals surface area contributed by atoms with E-state index in [1.165, 1.54) is 11.3 Å². The second-order valence-corrected chi connectivity index (χ2v) is 4.44. The average Bonchev–Trinajstić information content (AvgIpc) is 2.78. The Labute approximate surface area is 92.5 Å². The van der Waals surface area contributed by atoms with Gasteiger partial charge in [0.1, 0.15) is 6.10 Å². The standard InChI is InChI=1S/C9H15N3O2S/c10-5-7(13)8-6-11-9(15-8)12-1-3-14-4-2-12/h6-7,13H,1-5,10H2. The van der Waals surface area contributed by atoms with Crippen molar-refractivity contribution in [2.45, 2.75) is 6.10 Å². The molecule has 1 aliphatic rings. The third kappa shape index (κ3) is 2.46. The van der Waals surface area contributed by atoms with Crippen LogP contribution in [0.5, 0.6) is 0 Å². The van der Waals surface area contributed by atoms with E-state index >= 15 is 0 Å². The van der Waals surface area contributed by atoms with Crippen molar-refractivity contribution in [1.82, 2.24) is 4.98 Å². The second kappa shape index (κ2) is 4.89. The molecule has 6 heteroatoms. The fourth-order valence-corrected chi connectivity index (χ4v) is 2.41. The monoisotopic (exact) mass is 229 g/mol. The highest BCUT2D eigenvalue weighted by molar-refractivity contribution is 7.15. The van der Waals surface area contributed by atoms with Gasteiger partial charge in [0.15, 0.2) is 5.13 Å². The van der Waals surface area contributed by atoms with Gasteiger partial charge in [0.05, 0.1) is 18.1 Å². The van der Waals surface area contributed by atoms with Crippen molar-refractivity contribution in [3.63, 3.8) is 0 Å². The van der Waals surface area contributed by atoms with Gasteiger partial charge in [0.25, 0.3) is 0 Å². The van der Waals surface area contributed by atoms with Crippen LogP contribution in [0.2, 0.25) is 0 Å². The quantitative estimate of drug-likeness (QED) is 0.761. The van der Waals surface area contributed by atoms with E-state index < -0.39 is 6.10 Å². The molecule has 0 aromatic carbocycles. The summed E-state index contributed by atoms with van der Waals surface area (Å²) in [6.45, 7) is 3.46. The van der Waals surface area contributed by atoms with Gasteiger partial charge in [-0.1, -0.05) is 11.3 Å². The Hall–Kier alpha value is -0.690. The number of rotatable bonds is 3. The fourth-order valence-electron chi connectivity index (χ4n) is 1.45. The van der Waals surface area contributed by atoms with Gasteiger partial charge in [-0.2, -0.15) is 0 Å². The Kier molecular flexibility index (Phi) is 3.53. The molecule has 0 bridgehead atoms. The Bertz CT molecular complexity index is 312. The van der Waals surface area contributed by atoms with Crippen molar-refractivity contribution in [1.29, 1.82) is 0 Å². The van der Waals surface area contributed by atoms with Gasteiger partial charge in [0.2, 0.25) is 0 Å². The lowest BCUT2D eigenvalue weighted by molar-refractivity contribution is 0.122. The number of nitrogens with zero attached hydrogens (tertiary/aromatic N) is 2.